The van der Waals surface area contributed by atoms with Crippen LogP contribution in [-0.2, 0) is 9.53 Å². The molecule has 1 saturated carbocycles. The van der Waals surface area contributed by atoms with E-state index in [0.717, 1.165) is 19.3 Å². The highest BCUT2D eigenvalue weighted by Crippen LogP contribution is 2.51. The molecule has 0 N–H and O–H groups in total. The second-order valence-corrected chi connectivity index (χ2v) is 5.03. The van der Waals surface area contributed by atoms with E-state index in [4.69, 9.17) is 12.6 Å². The number of carbonyl (C=O) groups is 1. The van der Waals surface area contributed by atoms with E-state index in [0.29, 0.717) is 6.42 Å². The summed E-state index contributed by atoms with van der Waals surface area (Å²) in [6, 6.07) is 0. The molecule has 1 saturated heterocycles. The van der Waals surface area contributed by atoms with Crippen molar-refractivity contribution in [2.24, 2.45) is 11.3 Å². The second-order valence-electron chi connectivity index (χ2n) is 5.03. The van der Waals surface area contributed by atoms with Gasteiger partial charge in [0.2, 0.25) is 0 Å². The molecule has 2 rings (SSSR count). The second kappa shape index (κ2) is 2.52. The minimum atomic E-state index is -0.654. The summed E-state index contributed by atoms with van der Waals surface area (Å²) in [6.07, 6.45) is 3.54. The number of esters is 1. The molecule has 0 aromatic heterocycles. The number of hydrogen-bond donors (Lipinski definition) is 0. The number of carbonyl (C=O) groups excluding carboxylic acids is 1. The number of rotatable bonds is 0. The van der Waals surface area contributed by atoms with E-state index >= 15 is 0 Å². The average molecular weight is 178 g/mol. The van der Waals surface area contributed by atoms with Gasteiger partial charge in [-0.1, -0.05) is 13.8 Å². The fraction of sp³-hybridized carbons (Fsp3) is 0.900. The van der Waals surface area contributed by atoms with Gasteiger partial charge in [-0.25, -0.2) is 0 Å². The minimum Gasteiger partial charge on any atom is -0.469 e. The van der Waals surface area contributed by atoms with Crippen molar-refractivity contribution in [3.8, 4) is 0 Å². The fourth-order valence-corrected chi connectivity index (χ4v) is 2.82. The van der Waals surface area contributed by atoms with Crippen LogP contribution in [0.2, 0.25) is 0 Å². The van der Waals surface area contributed by atoms with E-state index in [9.17, 15) is 4.79 Å². The van der Waals surface area contributed by atoms with Gasteiger partial charge >= 0.3 is 5.97 Å². The smallest absolute Gasteiger partial charge is 0.305 e. The first-order valence-electron chi connectivity index (χ1n) is 4.95. The van der Waals surface area contributed by atoms with Crippen LogP contribution in [0.15, 0.2) is 0 Å². The van der Waals surface area contributed by atoms with Gasteiger partial charge in [0.25, 0.3) is 0 Å². The molecule has 0 amide bonds. The quantitative estimate of drug-likeness (QED) is 0.416. The lowest BCUT2D eigenvalue weighted by molar-refractivity contribution is -0.145. The zero-order chi connectivity index (χ0) is 9.69. The Hall–Kier alpha value is -0.465. The molecule has 13 heavy (non-hydrogen) atoms. The molecule has 1 aliphatic heterocycles. The van der Waals surface area contributed by atoms with Gasteiger partial charge in [-0.3, -0.25) is 4.79 Å². The molecule has 2 atom stereocenters. The molecule has 2 aliphatic rings. The summed E-state index contributed by atoms with van der Waals surface area (Å²) in [7, 11) is 6.09. The fourth-order valence-electron chi connectivity index (χ4n) is 2.82. The van der Waals surface area contributed by atoms with E-state index in [2.05, 4.69) is 13.8 Å². The van der Waals surface area contributed by atoms with Gasteiger partial charge in [0, 0.05) is 5.92 Å². The van der Waals surface area contributed by atoms with Crippen molar-refractivity contribution in [2.45, 2.75) is 45.0 Å². The van der Waals surface area contributed by atoms with Crippen molar-refractivity contribution in [2.75, 3.05) is 0 Å². The Morgan fingerprint density at radius 1 is 1.46 bits per heavy atom. The summed E-state index contributed by atoms with van der Waals surface area (Å²) in [4.78, 5) is 11.2. The molecule has 1 aliphatic carbocycles. The number of hydrogen-bond acceptors (Lipinski definition) is 2. The van der Waals surface area contributed by atoms with E-state index in [1.807, 2.05) is 0 Å². The normalized spacial score (nSPS) is 42.6. The van der Waals surface area contributed by atoms with Crippen LogP contribution < -0.4 is 0 Å². The van der Waals surface area contributed by atoms with Crippen LogP contribution in [0, 0.1) is 11.3 Å². The molecule has 1 heterocycles. The maximum absolute atomic E-state index is 11.2. The Morgan fingerprint density at radius 3 is 2.77 bits per heavy atom. The first-order chi connectivity index (χ1) is 5.94. The van der Waals surface area contributed by atoms with E-state index in [1.165, 1.54) is 0 Å². The maximum atomic E-state index is 11.2. The average Bonchev–Trinajstić information content (AvgIpc) is 2.25. The molecule has 2 nitrogen and oxygen atoms in total. The highest BCUT2D eigenvalue weighted by Gasteiger charge is 2.53. The number of fused-ring (bicyclic) bond motifs is 1. The molecule has 70 valence electrons. The summed E-state index contributed by atoms with van der Waals surface area (Å²) in [5.41, 5.74) is -0.502. The highest BCUT2D eigenvalue weighted by molar-refractivity contribution is 6.16. The Balaban J connectivity index is 2.30. The van der Waals surface area contributed by atoms with Crippen molar-refractivity contribution in [3.05, 3.63) is 0 Å². The lowest BCUT2D eigenvalue weighted by Crippen LogP contribution is -2.46. The van der Waals surface area contributed by atoms with E-state index in [1.54, 1.807) is 0 Å². The van der Waals surface area contributed by atoms with Crippen molar-refractivity contribution in [1.29, 1.82) is 0 Å². The van der Waals surface area contributed by atoms with Gasteiger partial charge in [-0.15, -0.1) is 0 Å². The van der Waals surface area contributed by atoms with E-state index in [-0.39, 0.29) is 17.3 Å². The molecule has 0 spiro atoms. The molecular weight excluding hydrogens is 163 g/mol. The summed E-state index contributed by atoms with van der Waals surface area (Å²) >= 11 is 0. The van der Waals surface area contributed by atoms with Gasteiger partial charge in [0.05, 0.1) is 11.9 Å². The van der Waals surface area contributed by atoms with Crippen LogP contribution in [0.5, 0.6) is 0 Å². The van der Waals surface area contributed by atoms with Crippen LogP contribution in [0.4, 0.5) is 0 Å². The third-order valence-corrected chi connectivity index (χ3v) is 3.60. The van der Waals surface area contributed by atoms with Gasteiger partial charge in [-0.05, 0) is 24.7 Å². The molecule has 2 fully saturated rings. The molecule has 0 bridgehead atoms. The Kier molecular flexibility index (Phi) is 1.77. The Labute approximate surface area is 80.4 Å². The summed E-state index contributed by atoms with van der Waals surface area (Å²) < 4.78 is 5.23. The van der Waals surface area contributed by atoms with Gasteiger partial charge in [-0.2, -0.15) is 0 Å². The van der Waals surface area contributed by atoms with Crippen molar-refractivity contribution < 1.29 is 9.53 Å². The zero-order valence-electron chi connectivity index (χ0n) is 8.30. The first kappa shape index (κ1) is 9.10. The van der Waals surface area contributed by atoms with E-state index < -0.39 is 5.50 Å². The van der Waals surface area contributed by atoms with Crippen molar-refractivity contribution in [1.82, 2.24) is 0 Å². The van der Waals surface area contributed by atoms with Gasteiger partial charge in [0.15, 0.2) is 0 Å². The predicted octanol–water partition coefficient (Wildman–Crippen LogP) is 1.62. The monoisotopic (exact) mass is 178 g/mol. The standard InChI is InChI=1S/C10H15BO2/c1-9(2)4-3-5-10(11)7(9)6-8(12)13-10/h7H,3-6H2,1-2H3/t7-,10-/m1/s1. The maximum Gasteiger partial charge on any atom is 0.305 e. The van der Waals surface area contributed by atoms with Crippen molar-refractivity contribution in [3.63, 3.8) is 0 Å². The topological polar surface area (TPSA) is 26.3 Å². The van der Waals surface area contributed by atoms with Crippen LogP contribution >= 0.6 is 0 Å². The molecule has 0 aromatic rings. The molecule has 2 radical (unpaired) electrons. The lowest BCUT2D eigenvalue weighted by atomic mass is 9.54. The zero-order valence-corrected chi connectivity index (χ0v) is 8.30. The molecule has 3 heteroatoms. The van der Waals surface area contributed by atoms with Crippen LogP contribution in [0.3, 0.4) is 0 Å². The summed E-state index contributed by atoms with van der Waals surface area (Å²) in [5.74, 6) is 0.0868. The van der Waals surface area contributed by atoms with Crippen LogP contribution in [-0.4, -0.2) is 19.3 Å². The molecule has 0 unspecified atom stereocenters. The van der Waals surface area contributed by atoms with Gasteiger partial charge < -0.3 is 4.74 Å². The lowest BCUT2D eigenvalue weighted by Gasteiger charge is -2.45. The Morgan fingerprint density at radius 2 is 2.15 bits per heavy atom. The van der Waals surface area contributed by atoms with Gasteiger partial charge in [0.1, 0.15) is 7.85 Å². The third kappa shape index (κ3) is 1.29. The van der Waals surface area contributed by atoms with Crippen molar-refractivity contribution >= 4 is 13.8 Å². The molecule has 0 aromatic carbocycles. The largest absolute Gasteiger partial charge is 0.469 e. The first-order valence-corrected chi connectivity index (χ1v) is 4.95. The SMILES string of the molecule is [B][C@@]12CCCC(C)(C)[C@H]1CC(=O)O2. The third-order valence-electron chi connectivity index (χ3n) is 3.60. The number of ether oxygens (including phenoxy) is 1. The summed E-state index contributed by atoms with van der Waals surface area (Å²) in [5, 5.41) is 0. The van der Waals surface area contributed by atoms with Crippen LogP contribution in [0.1, 0.15) is 39.5 Å². The minimum absolute atomic E-state index is 0.123. The Bertz CT molecular complexity index is 249. The van der Waals surface area contributed by atoms with Crippen LogP contribution in [0.25, 0.3) is 0 Å². The summed E-state index contributed by atoms with van der Waals surface area (Å²) in [6.45, 7) is 4.36. The highest BCUT2D eigenvalue weighted by atomic mass is 16.6. The molecular formula is C10H15BO2. The predicted molar refractivity (Wildman–Crippen MR) is 50.3 cm³/mol.